The van der Waals surface area contributed by atoms with Crippen LogP contribution in [0, 0.1) is 0 Å². The van der Waals surface area contributed by atoms with E-state index >= 15 is 0 Å². The van der Waals surface area contributed by atoms with E-state index in [1.165, 1.54) is 7.11 Å². The summed E-state index contributed by atoms with van der Waals surface area (Å²) in [6, 6.07) is 38.4. The molecule has 0 radical (unpaired) electrons. The van der Waals surface area contributed by atoms with Crippen LogP contribution >= 0.6 is 0 Å². The van der Waals surface area contributed by atoms with Gasteiger partial charge in [0.1, 0.15) is 0 Å². The Morgan fingerprint density at radius 3 is 1.29 bits per heavy atom. The van der Waals surface area contributed by atoms with Crippen molar-refractivity contribution in [1.29, 1.82) is 0 Å². The molecule has 3 N–H and O–H groups in total. The summed E-state index contributed by atoms with van der Waals surface area (Å²) in [5.41, 5.74) is 10.3. The molecule has 1 atom stereocenters. The summed E-state index contributed by atoms with van der Waals surface area (Å²) in [6.45, 7) is 1.56. The minimum Gasteiger partial charge on any atom is -0.479 e. The van der Waals surface area contributed by atoms with Crippen molar-refractivity contribution in [3.05, 3.63) is 144 Å². The van der Waals surface area contributed by atoms with Crippen LogP contribution in [0.25, 0.3) is 79.8 Å². The maximum absolute atomic E-state index is 12.9. The van der Waals surface area contributed by atoms with Crippen LogP contribution < -0.4 is 0 Å². The number of nitrogens with one attached hydrogen (secondary N) is 2. The fraction of sp³-hybridized carbons (Fsp3) is 0.0714. The van der Waals surface area contributed by atoms with Crippen LogP contribution in [0.4, 0.5) is 0 Å². The van der Waals surface area contributed by atoms with Gasteiger partial charge in [-0.2, -0.15) is 0 Å². The predicted octanol–water partition coefficient (Wildman–Crippen LogP) is 9.60. The molecule has 0 unspecified atom stereocenters. The molecular formula is C42H32N4O3. The quantitative estimate of drug-likeness (QED) is 0.168. The largest absolute Gasteiger partial charge is 0.479 e. The lowest BCUT2D eigenvalue weighted by molar-refractivity contribution is -0.161. The van der Waals surface area contributed by atoms with Crippen LogP contribution in [0.2, 0.25) is 0 Å². The number of hydrogen-bond acceptors (Lipinski definition) is 4. The SMILES string of the molecule is CO[C@](C)(C(=O)O)c1c2nc(c(-c3ccccc3)c3ccc([nH]3)c(-c3ccccc3)c3nc(c(-c4ccccc4)c4ccc1[nH]4)C=C3)C=C2. The summed E-state index contributed by atoms with van der Waals surface area (Å²) in [4.78, 5) is 30.6. The molecule has 8 rings (SSSR count). The first-order valence-electron chi connectivity index (χ1n) is 16.1. The smallest absolute Gasteiger partial charge is 0.340 e. The number of H-pyrrole nitrogens is 2. The van der Waals surface area contributed by atoms with Gasteiger partial charge in [-0.25, -0.2) is 14.8 Å². The molecule has 0 fully saturated rings. The number of aromatic nitrogens is 4. The number of fused-ring (bicyclic) bond motifs is 8. The average molecular weight is 641 g/mol. The minimum absolute atomic E-state index is 0.412. The lowest BCUT2D eigenvalue weighted by Crippen LogP contribution is -2.35. The molecule has 7 nitrogen and oxygen atoms in total. The van der Waals surface area contributed by atoms with Crippen molar-refractivity contribution >= 4 is 52.3 Å². The summed E-state index contributed by atoms with van der Waals surface area (Å²) in [7, 11) is 1.41. The highest BCUT2D eigenvalue weighted by Crippen LogP contribution is 2.39. The van der Waals surface area contributed by atoms with Crippen LogP contribution in [0.5, 0.6) is 0 Å². The molecule has 0 spiro atoms. The zero-order chi connectivity index (χ0) is 33.5. The van der Waals surface area contributed by atoms with Gasteiger partial charge in [0.2, 0.25) is 0 Å². The van der Waals surface area contributed by atoms with Gasteiger partial charge in [0.25, 0.3) is 0 Å². The summed E-state index contributed by atoms with van der Waals surface area (Å²) in [6.07, 6.45) is 7.89. The number of ether oxygens (including phenoxy) is 1. The van der Waals surface area contributed by atoms with Gasteiger partial charge in [-0.1, -0.05) is 91.0 Å². The zero-order valence-electron chi connectivity index (χ0n) is 26.9. The van der Waals surface area contributed by atoms with Gasteiger partial charge in [0.05, 0.1) is 22.8 Å². The molecule has 0 aliphatic carbocycles. The number of carboxylic acids is 1. The van der Waals surface area contributed by atoms with Gasteiger partial charge in [-0.05, 0) is 72.2 Å². The molecule has 0 amide bonds. The Balaban J connectivity index is 1.60. The second-order valence-corrected chi connectivity index (χ2v) is 12.1. The van der Waals surface area contributed by atoms with Crippen LogP contribution in [0.15, 0.2) is 115 Å². The van der Waals surface area contributed by atoms with Gasteiger partial charge in [0, 0.05) is 51.4 Å². The summed E-state index contributed by atoms with van der Waals surface area (Å²) in [5, 5.41) is 10.6. The number of benzene rings is 3. The Morgan fingerprint density at radius 1 is 0.551 bits per heavy atom. The third-order valence-corrected chi connectivity index (χ3v) is 9.23. The number of aromatic amines is 2. The summed E-state index contributed by atoms with van der Waals surface area (Å²) < 4.78 is 5.77. The number of aliphatic carboxylic acids is 1. The highest BCUT2D eigenvalue weighted by atomic mass is 16.5. The Kier molecular flexibility index (Phi) is 7.39. The fourth-order valence-corrected chi connectivity index (χ4v) is 6.73. The van der Waals surface area contributed by atoms with Gasteiger partial charge in [-0.15, -0.1) is 0 Å². The second kappa shape index (κ2) is 12.0. The molecule has 238 valence electrons. The summed E-state index contributed by atoms with van der Waals surface area (Å²) in [5.74, 6) is -1.13. The van der Waals surface area contributed by atoms with E-state index in [1.54, 1.807) is 6.92 Å². The van der Waals surface area contributed by atoms with Crippen molar-refractivity contribution < 1.29 is 14.6 Å². The maximum Gasteiger partial charge on any atom is 0.340 e. The van der Waals surface area contributed by atoms with E-state index in [0.717, 1.165) is 61.3 Å². The first-order valence-corrected chi connectivity index (χ1v) is 16.1. The second-order valence-electron chi connectivity index (χ2n) is 12.1. The molecular weight excluding hydrogens is 608 g/mol. The molecule has 8 bridgehead atoms. The Bertz CT molecular complexity index is 2420. The van der Waals surface area contributed by atoms with E-state index in [-0.39, 0.29) is 0 Å². The predicted molar refractivity (Wildman–Crippen MR) is 197 cm³/mol. The number of hydrogen-bond donors (Lipinski definition) is 3. The van der Waals surface area contributed by atoms with Crippen molar-refractivity contribution in [3.63, 3.8) is 0 Å². The fourth-order valence-electron chi connectivity index (χ4n) is 6.73. The highest BCUT2D eigenvalue weighted by Gasteiger charge is 2.39. The van der Waals surface area contributed by atoms with E-state index < -0.39 is 11.6 Å². The third kappa shape index (κ3) is 5.17. The molecule has 6 aromatic rings. The number of carbonyl (C=O) groups is 1. The number of carboxylic acid groups (broad SMARTS) is 1. The van der Waals surface area contributed by atoms with Crippen molar-refractivity contribution in [2.45, 2.75) is 12.5 Å². The van der Waals surface area contributed by atoms with Gasteiger partial charge < -0.3 is 19.8 Å². The molecule has 5 heterocycles. The van der Waals surface area contributed by atoms with Crippen molar-refractivity contribution in [2.24, 2.45) is 0 Å². The Hall–Kier alpha value is -6.31. The molecule has 2 aliphatic heterocycles. The first kappa shape index (κ1) is 30.1. The molecule has 7 heteroatoms. The highest BCUT2D eigenvalue weighted by molar-refractivity contribution is 5.98. The van der Waals surface area contributed by atoms with Crippen molar-refractivity contribution in [1.82, 2.24) is 19.9 Å². The third-order valence-electron chi connectivity index (χ3n) is 9.23. The average Bonchev–Trinajstić information content (AvgIpc) is 3.97. The van der Waals surface area contributed by atoms with Crippen LogP contribution in [-0.4, -0.2) is 38.1 Å². The van der Waals surface area contributed by atoms with Crippen molar-refractivity contribution in [2.75, 3.05) is 7.11 Å². The van der Waals surface area contributed by atoms with E-state index in [0.29, 0.717) is 22.5 Å². The van der Waals surface area contributed by atoms with Gasteiger partial charge in [-0.3, -0.25) is 0 Å². The standard InChI is InChI=1S/C42H32N4O3/c1-42(49-2,41(47)48)40-35-24-22-33(45-35)38(27-14-8-4-9-15-27)31-20-18-29(43-31)37(26-12-6-3-7-13-26)30-19-21-32(44-30)39(28-16-10-5-11-17-28)34-23-25-36(40)46-34/h3-25,43,46H,1-2H3,(H,47,48)/t42-/m0/s1. The molecule has 3 aromatic carbocycles. The van der Waals surface area contributed by atoms with Gasteiger partial charge in [0.15, 0.2) is 5.60 Å². The summed E-state index contributed by atoms with van der Waals surface area (Å²) >= 11 is 0. The van der Waals surface area contributed by atoms with Crippen molar-refractivity contribution in [3.8, 4) is 33.4 Å². The van der Waals surface area contributed by atoms with E-state index in [2.05, 4.69) is 64.6 Å². The minimum atomic E-state index is -1.71. The lowest BCUT2D eigenvalue weighted by atomic mass is 9.94. The van der Waals surface area contributed by atoms with Crippen LogP contribution in [-0.2, 0) is 15.1 Å². The lowest BCUT2D eigenvalue weighted by Gasteiger charge is -2.24. The zero-order valence-corrected chi connectivity index (χ0v) is 26.9. The van der Waals surface area contributed by atoms with Crippen LogP contribution in [0.1, 0.15) is 35.3 Å². The monoisotopic (exact) mass is 640 g/mol. The number of methoxy groups -OCH3 is 1. The first-order chi connectivity index (χ1) is 23.9. The van der Waals surface area contributed by atoms with Gasteiger partial charge >= 0.3 is 5.97 Å². The molecule has 0 saturated heterocycles. The molecule has 0 saturated carbocycles. The topological polar surface area (TPSA) is 104 Å². The van der Waals surface area contributed by atoms with Crippen LogP contribution in [0.3, 0.4) is 0 Å². The number of rotatable bonds is 6. The normalized spacial score (nSPS) is 13.3. The van der Waals surface area contributed by atoms with E-state index in [9.17, 15) is 9.90 Å². The Morgan fingerprint density at radius 2 is 0.898 bits per heavy atom. The Labute approximate surface area is 283 Å². The molecule has 3 aromatic heterocycles. The van der Waals surface area contributed by atoms with E-state index in [1.807, 2.05) is 85.0 Å². The molecule has 2 aliphatic rings. The number of nitrogens with zero attached hydrogens (tertiary/aromatic N) is 2. The maximum atomic E-state index is 12.9. The molecule has 49 heavy (non-hydrogen) atoms. The van der Waals surface area contributed by atoms with E-state index in [4.69, 9.17) is 14.7 Å².